The molecule has 4 rings (SSSR count). The highest BCUT2D eigenvalue weighted by Crippen LogP contribution is 2.43. The first-order valence-corrected chi connectivity index (χ1v) is 9.18. The molecule has 1 unspecified atom stereocenters. The van der Waals surface area contributed by atoms with Gasteiger partial charge in [-0.05, 0) is 63.5 Å². The summed E-state index contributed by atoms with van der Waals surface area (Å²) >= 11 is 0. The Balaban J connectivity index is 1.51. The molecule has 2 saturated heterocycles. The van der Waals surface area contributed by atoms with Gasteiger partial charge in [0.2, 0.25) is 11.9 Å². The summed E-state index contributed by atoms with van der Waals surface area (Å²) in [6.07, 6.45) is 9.65. The van der Waals surface area contributed by atoms with Crippen molar-refractivity contribution in [1.29, 1.82) is 0 Å². The molecule has 3 aliphatic rings. The maximum Gasteiger partial charge on any atom is 0.230 e. The summed E-state index contributed by atoms with van der Waals surface area (Å²) < 4.78 is 13.5. The number of carbonyl (C=O) groups excluding carboxylic acids is 1. The summed E-state index contributed by atoms with van der Waals surface area (Å²) in [5.74, 6) is 0.535. The molecule has 1 amide bonds. The summed E-state index contributed by atoms with van der Waals surface area (Å²) in [7, 11) is 0. The lowest BCUT2D eigenvalue weighted by Gasteiger charge is -2.40. The number of aromatic nitrogens is 1. The average molecular weight is 330 g/mol. The second kappa shape index (κ2) is 6.34. The van der Waals surface area contributed by atoms with Gasteiger partial charge in [-0.3, -0.25) is 4.79 Å². The number of rotatable bonds is 2. The molecule has 0 aromatic carbocycles. The largest absolute Gasteiger partial charge is 0.355 e. The van der Waals surface area contributed by atoms with E-state index in [0.29, 0.717) is 24.3 Å². The number of carbonyl (C=O) groups is 1. The number of halogens is 1. The lowest BCUT2D eigenvalue weighted by Crippen LogP contribution is -2.50. The van der Waals surface area contributed by atoms with Crippen LogP contribution in [0.4, 0.5) is 10.2 Å². The van der Waals surface area contributed by atoms with Gasteiger partial charge in [0, 0.05) is 25.7 Å². The van der Waals surface area contributed by atoms with Crippen LogP contribution in [0.2, 0.25) is 0 Å². The first kappa shape index (κ1) is 15.9. The lowest BCUT2D eigenvalue weighted by molar-refractivity contribution is -0.138. The van der Waals surface area contributed by atoms with Gasteiger partial charge >= 0.3 is 0 Å². The minimum Gasteiger partial charge on any atom is -0.355 e. The van der Waals surface area contributed by atoms with Crippen molar-refractivity contribution in [1.82, 2.24) is 9.88 Å². The predicted molar refractivity (Wildman–Crippen MR) is 91.0 cm³/mol. The third-order valence-electron chi connectivity index (χ3n) is 6.00. The molecule has 0 N–H and O–H groups in total. The minimum atomic E-state index is -0.454. The topological polar surface area (TPSA) is 36.4 Å². The Labute approximate surface area is 143 Å². The second-order valence-electron chi connectivity index (χ2n) is 7.47. The molecule has 1 aromatic rings. The summed E-state index contributed by atoms with van der Waals surface area (Å²) in [4.78, 5) is 21.5. The van der Waals surface area contributed by atoms with Crippen LogP contribution in [0.3, 0.4) is 0 Å². The number of likely N-dealkylation sites (tertiary alicyclic amines) is 1. The standard InChI is InChI=1S/C19H25FN3O/c20-16-8-4-9-17(21-16)22-12-5-10-19(14-22)11-13-23(18(19)24)15-6-2-1-3-7-15/h1,4,8-9,15H,2-3,5-7,10-14H2. The van der Waals surface area contributed by atoms with Crippen LogP contribution in [0.1, 0.15) is 44.9 Å². The van der Waals surface area contributed by atoms with E-state index in [2.05, 4.69) is 21.2 Å². The van der Waals surface area contributed by atoms with Crippen LogP contribution in [0.5, 0.6) is 0 Å². The van der Waals surface area contributed by atoms with Crippen LogP contribution in [0.25, 0.3) is 0 Å². The monoisotopic (exact) mass is 330 g/mol. The van der Waals surface area contributed by atoms with Gasteiger partial charge in [0.05, 0.1) is 5.41 Å². The quantitative estimate of drug-likeness (QED) is 0.782. The maximum atomic E-state index is 13.5. The fraction of sp³-hybridized carbons (Fsp3) is 0.632. The number of hydrogen-bond donors (Lipinski definition) is 0. The SMILES string of the molecule is O=C1N(C2CC[CH]CC2)CCC12CCCN(c1cccc(F)n1)C2. The van der Waals surface area contributed by atoms with Gasteiger partial charge in [-0.25, -0.2) is 4.98 Å². The van der Waals surface area contributed by atoms with Gasteiger partial charge in [0.15, 0.2) is 0 Å². The average Bonchev–Trinajstić information content (AvgIpc) is 2.92. The second-order valence-corrected chi connectivity index (χ2v) is 7.47. The molecule has 1 radical (unpaired) electrons. The number of amides is 1. The van der Waals surface area contributed by atoms with E-state index in [4.69, 9.17) is 0 Å². The Hall–Kier alpha value is -1.65. The molecule has 3 heterocycles. The molecule has 4 nitrogen and oxygen atoms in total. The number of hydrogen-bond acceptors (Lipinski definition) is 3. The first-order chi connectivity index (χ1) is 11.7. The van der Waals surface area contributed by atoms with Crippen molar-refractivity contribution in [2.75, 3.05) is 24.5 Å². The van der Waals surface area contributed by atoms with Crippen molar-refractivity contribution in [3.63, 3.8) is 0 Å². The van der Waals surface area contributed by atoms with Gasteiger partial charge in [0.1, 0.15) is 5.82 Å². The lowest BCUT2D eigenvalue weighted by atomic mass is 9.78. The Kier molecular flexibility index (Phi) is 4.19. The zero-order valence-corrected chi connectivity index (χ0v) is 14.1. The number of anilines is 1. The highest BCUT2D eigenvalue weighted by Gasteiger charge is 2.50. The molecule has 2 aliphatic heterocycles. The summed E-state index contributed by atoms with van der Waals surface area (Å²) in [5.41, 5.74) is -0.284. The molecule has 1 aromatic heterocycles. The van der Waals surface area contributed by atoms with Crippen LogP contribution in [-0.4, -0.2) is 41.5 Å². The zero-order valence-electron chi connectivity index (χ0n) is 14.1. The molecule has 3 fully saturated rings. The van der Waals surface area contributed by atoms with Crippen molar-refractivity contribution in [2.24, 2.45) is 5.41 Å². The normalized spacial score (nSPS) is 28.8. The fourth-order valence-corrected chi connectivity index (χ4v) is 4.70. The van der Waals surface area contributed by atoms with Crippen molar-refractivity contribution in [3.05, 3.63) is 30.6 Å². The number of pyridine rings is 1. The van der Waals surface area contributed by atoms with Crippen LogP contribution >= 0.6 is 0 Å². The molecule has 1 atom stereocenters. The smallest absolute Gasteiger partial charge is 0.230 e. The highest BCUT2D eigenvalue weighted by molar-refractivity contribution is 5.86. The van der Waals surface area contributed by atoms with Crippen LogP contribution in [-0.2, 0) is 4.79 Å². The van der Waals surface area contributed by atoms with E-state index in [0.717, 1.165) is 58.0 Å². The van der Waals surface area contributed by atoms with E-state index in [1.807, 2.05) is 6.07 Å². The van der Waals surface area contributed by atoms with Gasteiger partial charge in [-0.2, -0.15) is 4.39 Å². The van der Waals surface area contributed by atoms with E-state index in [-0.39, 0.29) is 5.41 Å². The molecule has 0 bridgehead atoms. The van der Waals surface area contributed by atoms with Crippen molar-refractivity contribution >= 4 is 11.7 Å². The van der Waals surface area contributed by atoms with Crippen molar-refractivity contribution in [2.45, 2.75) is 51.0 Å². The highest BCUT2D eigenvalue weighted by atomic mass is 19.1. The first-order valence-electron chi connectivity index (χ1n) is 9.18. The number of nitrogens with zero attached hydrogens (tertiary/aromatic N) is 3. The van der Waals surface area contributed by atoms with E-state index in [1.54, 1.807) is 6.07 Å². The maximum absolute atomic E-state index is 13.5. The molecule has 24 heavy (non-hydrogen) atoms. The van der Waals surface area contributed by atoms with E-state index < -0.39 is 5.95 Å². The molecular formula is C19H25FN3O. The Morgan fingerprint density at radius 2 is 2.00 bits per heavy atom. The third-order valence-corrected chi connectivity index (χ3v) is 6.00. The summed E-state index contributed by atoms with van der Waals surface area (Å²) in [6, 6.07) is 5.33. The Morgan fingerprint density at radius 3 is 2.79 bits per heavy atom. The summed E-state index contributed by atoms with van der Waals surface area (Å²) in [6.45, 7) is 2.41. The van der Waals surface area contributed by atoms with Crippen LogP contribution in [0, 0.1) is 17.8 Å². The third kappa shape index (κ3) is 2.78. The van der Waals surface area contributed by atoms with Crippen LogP contribution < -0.4 is 4.90 Å². The zero-order chi connectivity index (χ0) is 16.6. The number of piperidine rings is 1. The molecule has 1 aliphatic carbocycles. The fourth-order valence-electron chi connectivity index (χ4n) is 4.70. The molecule has 1 saturated carbocycles. The van der Waals surface area contributed by atoms with Gasteiger partial charge in [-0.1, -0.05) is 6.07 Å². The minimum absolute atomic E-state index is 0.284. The van der Waals surface area contributed by atoms with Crippen molar-refractivity contribution in [3.8, 4) is 0 Å². The van der Waals surface area contributed by atoms with Gasteiger partial charge in [0.25, 0.3) is 0 Å². The molecule has 5 heteroatoms. The Bertz CT molecular complexity index is 616. The van der Waals surface area contributed by atoms with E-state index in [1.165, 1.54) is 6.07 Å². The van der Waals surface area contributed by atoms with Crippen LogP contribution in [0.15, 0.2) is 18.2 Å². The van der Waals surface area contributed by atoms with Crippen molar-refractivity contribution < 1.29 is 9.18 Å². The molecule has 1 spiro atoms. The predicted octanol–water partition coefficient (Wildman–Crippen LogP) is 3.19. The van der Waals surface area contributed by atoms with E-state index in [9.17, 15) is 9.18 Å². The Morgan fingerprint density at radius 1 is 1.17 bits per heavy atom. The molecular weight excluding hydrogens is 305 g/mol. The summed E-state index contributed by atoms with van der Waals surface area (Å²) in [5, 5.41) is 0. The van der Waals surface area contributed by atoms with Gasteiger partial charge < -0.3 is 9.80 Å². The van der Waals surface area contributed by atoms with Gasteiger partial charge in [-0.15, -0.1) is 0 Å². The van der Waals surface area contributed by atoms with E-state index >= 15 is 0 Å². The molecule has 129 valence electrons.